The van der Waals surface area contributed by atoms with Crippen LogP contribution in [-0.2, 0) is 4.79 Å². The molecule has 1 aromatic carbocycles. The third-order valence-electron chi connectivity index (χ3n) is 5.87. The fraction of sp³-hybridized carbons (Fsp3) is 0.409. The molecular weight excluding hydrogens is 368 g/mol. The zero-order chi connectivity index (χ0) is 20.4. The van der Waals surface area contributed by atoms with Crippen LogP contribution < -0.4 is 15.4 Å². The first kappa shape index (κ1) is 19.4. The van der Waals surface area contributed by atoms with E-state index in [-0.39, 0.29) is 17.9 Å². The molecule has 0 saturated carbocycles. The zero-order valence-corrected chi connectivity index (χ0v) is 16.7. The highest BCUT2D eigenvalue weighted by molar-refractivity contribution is 5.94. The molecule has 2 aromatic rings. The number of benzene rings is 1. The van der Waals surface area contributed by atoms with Crippen molar-refractivity contribution in [3.05, 3.63) is 48.2 Å². The van der Waals surface area contributed by atoms with Gasteiger partial charge in [0, 0.05) is 24.6 Å². The van der Waals surface area contributed by atoms with E-state index in [1.807, 2.05) is 0 Å². The minimum absolute atomic E-state index is 0.0384. The molecule has 3 saturated heterocycles. The summed E-state index contributed by atoms with van der Waals surface area (Å²) >= 11 is 0. The van der Waals surface area contributed by atoms with Gasteiger partial charge in [0.2, 0.25) is 5.91 Å². The maximum absolute atomic E-state index is 12.7. The number of anilines is 1. The predicted octanol–water partition coefficient (Wildman–Crippen LogP) is 3.04. The molecule has 29 heavy (non-hydrogen) atoms. The van der Waals surface area contributed by atoms with E-state index < -0.39 is 0 Å². The van der Waals surface area contributed by atoms with Crippen molar-refractivity contribution in [2.45, 2.75) is 38.8 Å². The number of nitrogens with zero attached hydrogens (tertiary/aromatic N) is 2. The lowest BCUT2D eigenvalue weighted by molar-refractivity contribution is -0.114. The number of carbonyl (C=O) groups excluding carboxylic acids is 2. The Morgan fingerprint density at radius 3 is 2.34 bits per heavy atom. The van der Waals surface area contributed by atoms with Gasteiger partial charge in [-0.2, -0.15) is 0 Å². The highest BCUT2D eigenvalue weighted by atomic mass is 16.5. The zero-order valence-electron chi connectivity index (χ0n) is 16.7. The molecule has 4 heterocycles. The molecule has 5 rings (SSSR count). The van der Waals surface area contributed by atoms with Gasteiger partial charge in [0.05, 0.1) is 6.20 Å². The van der Waals surface area contributed by atoms with Gasteiger partial charge in [-0.25, -0.2) is 4.98 Å². The van der Waals surface area contributed by atoms with Crippen molar-refractivity contribution in [2.75, 3.05) is 18.4 Å². The second kappa shape index (κ2) is 8.21. The van der Waals surface area contributed by atoms with E-state index in [0.717, 1.165) is 25.9 Å². The fourth-order valence-corrected chi connectivity index (χ4v) is 4.29. The number of aromatic nitrogens is 1. The number of pyridine rings is 1. The molecule has 2 bridgehead atoms. The summed E-state index contributed by atoms with van der Waals surface area (Å²) in [4.78, 5) is 30.3. The van der Waals surface area contributed by atoms with Crippen molar-refractivity contribution in [1.82, 2.24) is 15.2 Å². The lowest BCUT2D eigenvalue weighted by Crippen LogP contribution is -2.62. The van der Waals surface area contributed by atoms with Crippen LogP contribution in [0.25, 0.3) is 0 Å². The first-order valence-electron chi connectivity index (χ1n) is 10.1. The molecule has 2 N–H and O–H groups in total. The Hall–Kier alpha value is -2.93. The molecule has 0 radical (unpaired) electrons. The van der Waals surface area contributed by atoms with Gasteiger partial charge in [0.15, 0.2) is 0 Å². The summed E-state index contributed by atoms with van der Waals surface area (Å²) in [6.45, 7) is 5.93. The van der Waals surface area contributed by atoms with Gasteiger partial charge in [-0.1, -0.05) is 0 Å². The number of fused-ring (bicyclic) bond motifs is 3. The number of piperidine rings is 3. The predicted molar refractivity (Wildman–Crippen MR) is 110 cm³/mol. The summed E-state index contributed by atoms with van der Waals surface area (Å²) in [5.74, 6) is 2.01. The van der Waals surface area contributed by atoms with Crippen LogP contribution in [0.5, 0.6) is 11.5 Å². The first-order valence-corrected chi connectivity index (χ1v) is 10.1. The molecule has 7 nitrogen and oxygen atoms in total. The summed E-state index contributed by atoms with van der Waals surface area (Å²) in [6, 6.07) is 11.1. The number of ether oxygens (including phenoxy) is 1. The highest BCUT2D eigenvalue weighted by Gasteiger charge is 2.40. The Morgan fingerprint density at radius 2 is 1.76 bits per heavy atom. The Labute approximate surface area is 170 Å². The van der Waals surface area contributed by atoms with Crippen molar-refractivity contribution in [2.24, 2.45) is 5.92 Å². The molecule has 2 atom stereocenters. The molecule has 0 unspecified atom stereocenters. The van der Waals surface area contributed by atoms with Crippen LogP contribution in [0, 0.1) is 5.92 Å². The Morgan fingerprint density at radius 1 is 1.07 bits per heavy atom. The molecule has 3 fully saturated rings. The monoisotopic (exact) mass is 394 g/mol. The number of rotatable bonds is 5. The van der Waals surface area contributed by atoms with Crippen molar-refractivity contribution in [1.29, 1.82) is 0 Å². The lowest BCUT2D eigenvalue weighted by atomic mass is 9.79. The summed E-state index contributed by atoms with van der Waals surface area (Å²) < 4.78 is 5.77. The van der Waals surface area contributed by atoms with Crippen LogP contribution in [0.3, 0.4) is 0 Å². The average molecular weight is 394 g/mol. The number of carbonyl (C=O) groups is 2. The average Bonchev–Trinajstić information content (AvgIpc) is 2.72. The van der Waals surface area contributed by atoms with E-state index in [9.17, 15) is 9.59 Å². The maximum atomic E-state index is 12.7. The first-order chi connectivity index (χ1) is 14.0. The second-order valence-corrected chi connectivity index (χ2v) is 7.80. The number of hydrogen-bond donors (Lipinski definition) is 2. The standard InChI is InChI=1S/C22H26N4O3/c1-14-21(16-9-11-26(14)12-10-16)25-22(28)17-3-5-18(6-4-17)29-19-7-8-20(23-13-19)24-15(2)27/h3-8,13-14,16,21H,9-12H2,1-2H3,(H,25,28)(H,23,24,27)/t14-,21-/m0/s1. The molecular formula is C22H26N4O3. The molecule has 0 spiro atoms. The molecule has 7 heteroatoms. The van der Waals surface area contributed by atoms with Crippen molar-refractivity contribution >= 4 is 17.6 Å². The van der Waals surface area contributed by atoms with Gasteiger partial charge in [0.25, 0.3) is 5.91 Å². The lowest BCUT2D eigenvalue weighted by Gasteiger charge is -2.49. The van der Waals surface area contributed by atoms with Crippen molar-refractivity contribution < 1.29 is 14.3 Å². The van der Waals surface area contributed by atoms with Crippen molar-refractivity contribution in [3.63, 3.8) is 0 Å². The van der Waals surface area contributed by atoms with E-state index in [1.165, 1.54) is 6.92 Å². The number of amides is 2. The largest absolute Gasteiger partial charge is 0.456 e. The van der Waals surface area contributed by atoms with E-state index in [2.05, 4.69) is 27.4 Å². The van der Waals surface area contributed by atoms with Gasteiger partial charge in [0.1, 0.15) is 17.3 Å². The molecule has 1 aromatic heterocycles. The molecule has 0 aliphatic carbocycles. The van der Waals surface area contributed by atoms with Crippen LogP contribution in [0.15, 0.2) is 42.6 Å². The summed E-state index contributed by atoms with van der Waals surface area (Å²) in [6.07, 6.45) is 3.87. The van der Waals surface area contributed by atoms with E-state index in [4.69, 9.17) is 4.74 Å². The minimum atomic E-state index is -0.173. The summed E-state index contributed by atoms with van der Waals surface area (Å²) in [7, 11) is 0. The molecule has 3 aliphatic heterocycles. The van der Waals surface area contributed by atoms with Gasteiger partial charge in [-0.3, -0.25) is 14.5 Å². The minimum Gasteiger partial charge on any atom is -0.456 e. The number of hydrogen-bond acceptors (Lipinski definition) is 5. The molecule has 2 amide bonds. The smallest absolute Gasteiger partial charge is 0.251 e. The van der Waals surface area contributed by atoms with E-state index in [0.29, 0.717) is 34.8 Å². The maximum Gasteiger partial charge on any atom is 0.251 e. The van der Waals surface area contributed by atoms with E-state index in [1.54, 1.807) is 42.6 Å². The van der Waals surface area contributed by atoms with Gasteiger partial charge < -0.3 is 15.4 Å². The van der Waals surface area contributed by atoms with Crippen LogP contribution in [0.4, 0.5) is 5.82 Å². The van der Waals surface area contributed by atoms with Crippen LogP contribution >= 0.6 is 0 Å². The Bertz CT molecular complexity index is 872. The summed E-state index contributed by atoms with van der Waals surface area (Å²) in [5, 5.41) is 5.85. The van der Waals surface area contributed by atoms with Crippen LogP contribution in [0.2, 0.25) is 0 Å². The Balaban J connectivity index is 1.36. The van der Waals surface area contributed by atoms with Gasteiger partial charge in [-0.15, -0.1) is 0 Å². The van der Waals surface area contributed by atoms with E-state index >= 15 is 0 Å². The number of nitrogens with one attached hydrogen (secondary N) is 2. The van der Waals surface area contributed by atoms with Crippen LogP contribution in [-0.4, -0.2) is 46.9 Å². The molecule has 152 valence electrons. The molecule has 3 aliphatic rings. The second-order valence-electron chi connectivity index (χ2n) is 7.80. The third kappa shape index (κ3) is 4.40. The van der Waals surface area contributed by atoms with Crippen LogP contribution in [0.1, 0.15) is 37.0 Å². The van der Waals surface area contributed by atoms with Gasteiger partial charge in [-0.05, 0) is 75.2 Å². The highest BCUT2D eigenvalue weighted by Crippen LogP contribution is 2.32. The normalized spacial score (nSPS) is 25.3. The van der Waals surface area contributed by atoms with Crippen molar-refractivity contribution in [3.8, 4) is 11.5 Å². The third-order valence-corrected chi connectivity index (χ3v) is 5.87. The topological polar surface area (TPSA) is 83.6 Å². The van der Waals surface area contributed by atoms with Gasteiger partial charge >= 0.3 is 0 Å². The fourth-order valence-electron chi connectivity index (χ4n) is 4.29. The Kier molecular flexibility index (Phi) is 5.49. The summed E-state index contributed by atoms with van der Waals surface area (Å²) in [5.41, 5.74) is 0.625. The SMILES string of the molecule is CC(=O)Nc1ccc(Oc2ccc(C(=O)N[C@@H]3C4CCN(CC4)[C@H]3C)cc2)cn1. The quantitative estimate of drug-likeness (QED) is 0.814.